The molecule has 1 rings (SSSR count). The molecule has 0 saturated heterocycles. The molecular weight excluding hydrogens is 290 g/mol. The summed E-state index contributed by atoms with van der Waals surface area (Å²) in [5, 5.41) is 9.21. The number of aryl methyl sites for hydroxylation is 1. The van der Waals surface area contributed by atoms with E-state index in [0.29, 0.717) is 18.5 Å². The Morgan fingerprint density at radius 3 is 2.38 bits per heavy atom. The molecule has 0 saturated carbocycles. The molecule has 0 aliphatic rings. The molecule has 0 atom stereocenters. The van der Waals surface area contributed by atoms with Crippen molar-refractivity contribution in [3.05, 3.63) is 41.5 Å². The van der Waals surface area contributed by atoms with Crippen LogP contribution >= 0.6 is 0 Å². The fourth-order valence-electron chi connectivity index (χ4n) is 2.04. The van der Waals surface area contributed by atoms with E-state index in [2.05, 4.69) is 6.58 Å². The highest BCUT2D eigenvalue weighted by molar-refractivity contribution is 7.89. The van der Waals surface area contributed by atoms with Crippen LogP contribution in [0.5, 0.6) is 0 Å². The molecule has 1 aromatic rings. The van der Waals surface area contributed by atoms with Gasteiger partial charge in [-0.3, -0.25) is 0 Å². The maximum absolute atomic E-state index is 12.6. The molecule has 0 heterocycles. The molecule has 0 amide bonds. The third-order valence-corrected chi connectivity index (χ3v) is 5.05. The Bertz CT molecular complexity index is 650. The van der Waals surface area contributed by atoms with Gasteiger partial charge in [0.05, 0.1) is 10.5 Å². The lowest BCUT2D eigenvalue weighted by molar-refractivity contribution is 0.0695. The van der Waals surface area contributed by atoms with Crippen LogP contribution in [-0.4, -0.2) is 36.9 Å². The maximum atomic E-state index is 12.6. The van der Waals surface area contributed by atoms with Gasteiger partial charge in [-0.2, -0.15) is 4.31 Å². The highest BCUT2D eigenvalue weighted by atomic mass is 32.2. The van der Waals surface area contributed by atoms with Crippen molar-refractivity contribution in [3.63, 3.8) is 0 Å². The molecule has 6 heteroatoms. The minimum Gasteiger partial charge on any atom is -0.478 e. The summed E-state index contributed by atoms with van der Waals surface area (Å²) in [6.45, 7) is 9.56. The monoisotopic (exact) mass is 311 g/mol. The van der Waals surface area contributed by atoms with Crippen molar-refractivity contribution in [3.8, 4) is 0 Å². The molecule has 0 spiro atoms. The van der Waals surface area contributed by atoms with Gasteiger partial charge >= 0.3 is 5.97 Å². The predicted octanol–water partition coefficient (Wildman–Crippen LogP) is 2.53. The SMILES string of the molecule is C=C(C)CN(CC)S(=O)(=O)c1ccc(CC)c(C(=O)O)c1. The number of likely N-dealkylation sites (N-methyl/N-ethyl adjacent to an activating group) is 1. The number of aromatic carboxylic acids is 1. The molecule has 1 N–H and O–H groups in total. The van der Waals surface area contributed by atoms with Crippen LogP contribution in [0.1, 0.15) is 36.7 Å². The van der Waals surface area contributed by atoms with Crippen LogP contribution in [-0.2, 0) is 16.4 Å². The van der Waals surface area contributed by atoms with Crippen LogP contribution in [0.3, 0.4) is 0 Å². The van der Waals surface area contributed by atoms with Crippen LogP contribution in [0.4, 0.5) is 0 Å². The van der Waals surface area contributed by atoms with E-state index in [1.165, 1.54) is 16.4 Å². The molecule has 0 radical (unpaired) electrons. The molecule has 21 heavy (non-hydrogen) atoms. The number of sulfonamides is 1. The number of rotatable bonds is 7. The zero-order valence-electron chi connectivity index (χ0n) is 12.6. The van der Waals surface area contributed by atoms with Gasteiger partial charge in [0, 0.05) is 13.1 Å². The molecule has 0 aromatic heterocycles. The third kappa shape index (κ3) is 3.92. The van der Waals surface area contributed by atoms with Gasteiger partial charge in [-0.25, -0.2) is 13.2 Å². The summed E-state index contributed by atoms with van der Waals surface area (Å²) in [5.74, 6) is -1.12. The molecule has 0 aliphatic carbocycles. The van der Waals surface area contributed by atoms with Crippen molar-refractivity contribution < 1.29 is 18.3 Å². The second-order valence-corrected chi connectivity index (χ2v) is 6.80. The smallest absolute Gasteiger partial charge is 0.336 e. The van der Waals surface area contributed by atoms with Crippen molar-refractivity contribution in [1.82, 2.24) is 4.31 Å². The van der Waals surface area contributed by atoms with Gasteiger partial charge < -0.3 is 5.11 Å². The number of hydrogen-bond donors (Lipinski definition) is 1. The molecule has 0 aliphatic heterocycles. The summed E-state index contributed by atoms with van der Waals surface area (Å²) < 4.78 is 26.4. The molecule has 116 valence electrons. The first-order valence-corrected chi connectivity index (χ1v) is 8.18. The van der Waals surface area contributed by atoms with E-state index >= 15 is 0 Å². The van der Waals surface area contributed by atoms with E-state index in [-0.39, 0.29) is 17.0 Å². The minimum absolute atomic E-state index is 0.000185. The Hall–Kier alpha value is -1.66. The highest BCUT2D eigenvalue weighted by Crippen LogP contribution is 2.21. The first kappa shape index (κ1) is 17.4. The van der Waals surface area contributed by atoms with Crippen molar-refractivity contribution in [1.29, 1.82) is 0 Å². The Morgan fingerprint density at radius 1 is 1.33 bits per heavy atom. The molecular formula is C15H21NO4S. The van der Waals surface area contributed by atoms with Gasteiger partial charge in [0.1, 0.15) is 0 Å². The largest absolute Gasteiger partial charge is 0.478 e. The Balaban J connectivity index is 3.34. The van der Waals surface area contributed by atoms with E-state index in [9.17, 15) is 18.3 Å². The number of carboxylic acids is 1. The van der Waals surface area contributed by atoms with Crippen molar-refractivity contribution in [2.45, 2.75) is 32.1 Å². The molecule has 0 fully saturated rings. The zero-order chi connectivity index (χ0) is 16.2. The maximum Gasteiger partial charge on any atom is 0.336 e. The van der Waals surface area contributed by atoms with Crippen LogP contribution in [0.15, 0.2) is 35.2 Å². The standard InChI is InChI=1S/C15H21NO4S/c1-5-12-7-8-13(9-14(12)15(17)18)21(19,20)16(6-2)10-11(3)4/h7-9H,3,5-6,10H2,1-2,4H3,(H,17,18). The lowest BCUT2D eigenvalue weighted by Crippen LogP contribution is -2.32. The lowest BCUT2D eigenvalue weighted by atomic mass is 10.1. The number of nitrogens with zero attached hydrogens (tertiary/aromatic N) is 1. The van der Waals surface area contributed by atoms with Crippen LogP contribution in [0.25, 0.3) is 0 Å². The Kier molecular flexibility index (Phi) is 5.69. The summed E-state index contributed by atoms with van der Waals surface area (Å²) >= 11 is 0. The number of carbonyl (C=O) groups is 1. The average molecular weight is 311 g/mol. The number of benzene rings is 1. The van der Waals surface area contributed by atoms with Gasteiger partial charge in [0.15, 0.2) is 0 Å². The van der Waals surface area contributed by atoms with E-state index < -0.39 is 16.0 Å². The fraction of sp³-hybridized carbons (Fsp3) is 0.400. The van der Waals surface area contributed by atoms with E-state index in [1.807, 2.05) is 6.92 Å². The highest BCUT2D eigenvalue weighted by Gasteiger charge is 2.24. The van der Waals surface area contributed by atoms with E-state index in [4.69, 9.17) is 0 Å². The van der Waals surface area contributed by atoms with Gasteiger partial charge in [-0.15, -0.1) is 0 Å². The Morgan fingerprint density at radius 2 is 1.95 bits per heavy atom. The second kappa shape index (κ2) is 6.87. The quantitative estimate of drug-likeness (QED) is 0.785. The summed E-state index contributed by atoms with van der Waals surface area (Å²) in [4.78, 5) is 11.3. The Labute approximate surface area is 126 Å². The minimum atomic E-state index is -3.72. The van der Waals surface area contributed by atoms with Gasteiger partial charge in [-0.05, 0) is 31.0 Å². The summed E-state index contributed by atoms with van der Waals surface area (Å²) in [6.07, 6.45) is 0.533. The first-order chi connectivity index (χ1) is 9.73. The van der Waals surface area contributed by atoms with Crippen LogP contribution in [0.2, 0.25) is 0 Å². The third-order valence-electron chi connectivity index (χ3n) is 3.13. The van der Waals surface area contributed by atoms with Crippen LogP contribution in [0, 0.1) is 0 Å². The lowest BCUT2D eigenvalue weighted by Gasteiger charge is -2.21. The van der Waals surface area contributed by atoms with Crippen molar-refractivity contribution in [2.24, 2.45) is 0 Å². The number of carboxylic acid groups (broad SMARTS) is 1. The summed E-state index contributed by atoms with van der Waals surface area (Å²) in [6, 6.07) is 4.25. The first-order valence-electron chi connectivity index (χ1n) is 6.74. The average Bonchev–Trinajstić information content (AvgIpc) is 2.43. The molecule has 1 aromatic carbocycles. The summed E-state index contributed by atoms with van der Waals surface area (Å²) in [7, 11) is -3.72. The van der Waals surface area contributed by atoms with E-state index in [1.54, 1.807) is 19.9 Å². The predicted molar refractivity (Wildman–Crippen MR) is 82.0 cm³/mol. The summed E-state index contributed by atoms with van der Waals surface area (Å²) in [5.41, 5.74) is 1.37. The van der Waals surface area contributed by atoms with Crippen molar-refractivity contribution in [2.75, 3.05) is 13.1 Å². The zero-order valence-corrected chi connectivity index (χ0v) is 13.4. The normalized spacial score (nSPS) is 11.6. The number of hydrogen-bond acceptors (Lipinski definition) is 3. The van der Waals surface area contributed by atoms with Crippen molar-refractivity contribution >= 4 is 16.0 Å². The fourth-order valence-corrected chi connectivity index (χ4v) is 3.58. The molecule has 0 unspecified atom stereocenters. The molecule has 5 nitrogen and oxygen atoms in total. The van der Waals surface area contributed by atoms with Gasteiger partial charge in [0.2, 0.25) is 10.0 Å². The second-order valence-electron chi connectivity index (χ2n) is 4.87. The molecule has 0 bridgehead atoms. The van der Waals surface area contributed by atoms with Gasteiger partial charge in [0.25, 0.3) is 0 Å². The van der Waals surface area contributed by atoms with Gasteiger partial charge in [-0.1, -0.05) is 32.1 Å². The van der Waals surface area contributed by atoms with E-state index in [0.717, 1.165) is 5.57 Å². The van der Waals surface area contributed by atoms with Crippen LogP contribution < -0.4 is 0 Å². The topological polar surface area (TPSA) is 74.7 Å².